The van der Waals surface area contributed by atoms with Crippen LogP contribution >= 0.6 is 11.6 Å². The SMILES string of the molecule is O=c1ccncn1C/C=C/CCl. The van der Waals surface area contributed by atoms with E-state index in [1.807, 2.05) is 6.08 Å². The van der Waals surface area contributed by atoms with Crippen LogP contribution in [0.1, 0.15) is 0 Å². The van der Waals surface area contributed by atoms with Crippen molar-refractivity contribution in [1.82, 2.24) is 9.55 Å². The molecule has 0 unspecified atom stereocenters. The van der Waals surface area contributed by atoms with Crippen LogP contribution in [0.2, 0.25) is 0 Å². The molecule has 1 aromatic rings. The quantitative estimate of drug-likeness (QED) is 0.520. The van der Waals surface area contributed by atoms with Crippen LogP contribution in [0.4, 0.5) is 0 Å². The molecular weight excluding hydrogens is 176 g/mol. The van der Waals surface area contributed by atoms with E-state index in [4.69, 9.17) is 11.6 Å². The van der Waals surface area contributed by atoms with Gasteiger partial charge in [-0.15, -0.1) is 11.6 Å². The molecule has 0 aromatic carbocycles. The second-order valence-corrected chi connectivity index (χ2v) is 2.51. The predicted octanol–water partition coefficient (Wildman–Crippen LogP) is 1.04. The van der Waals surface area contributed by atoms with E-state index < -0.39 is 0 Å². The average molecular weight is 185 g/mol. The molecule has 0 radical (unpaired) electrons. The summed E-state index contributed by atoms with van der Waals surface area (Å²) in [5.74, 6) is 0.467. The van der Waals surface area contributed by atoms with Crippen LogP contribution in [0.5, 0.6) is 0 Å². The van der Waals surface area contributed by atoms with Crippen molar-refractivity contribution < 1.29 is 0 Å². The summed E-state index contributed by atoms with van der Waals surface area (Å²) in [6, 6.07) is 1.43. The molecule has 0 N–H and O–H groups in total. The third-order valence-electron chi connectivity index (χ3n) is 1.35. The Balaban J connectivity index is 2.70. The standard InChI is InChI=1S/C8H9ClN2O/c9-4-1-2-6-11-7-10-5-3-8(11)12/h1-3,5,7H,4,6H2/b2-1+. The summed E-state index contributed by atoms with van der Waals surface area (Å²) in [6.07, 6.45) is 6.60. The number of rotatable bonds is 3. The van der Waals surface area contributed by atoms with Gasteiger partial charge in [-0.1, -0.05) is 12.2 Å². The third-order valence-corrected chi connectivity index (χ3v) is 1.53. The summed E-state index contributed by atoms with van der Waals surface area (Å²) >= 11 is 5.42. The summed E-state index contributed by atoms with van der Waals surface area (Å²) in [5.41, 5.74) is -0.0516. The fraction of sp³-hybridized carbons (Fsp3) is 0.250. The maximum atomic E-state index is 11.1. The smallest absolute Gasteiger partial charge is 0.253 e. The van der Waals surface area contributed by atoms with Crippen molar-refractivity contribution in [3.05, 3.63) is 41.1 Å². The summed E-state index contributed by atoms with van der Waals surface area (Å²) in [7, 11) is 0. The highest BCUT2D eigenvalue weighted by Crippen LogP contribution is 1.82. The molecule has 12 heavy (non-hydrogen) atoms. The van der Waals surface area contributed by atoms with E-state index in [0.717, 1.165) is 0 Å². The molecule has 0 saturated carbocycles. The van der Waals surface area contributed by atoms with Crippen LogP contribution in [-0.4, -0.2) is 15.4 Å². The first-order valence-corrected chi connectivity index (χ1v) is 4.09. The fourth-order valence-corrected chi connectivity index (χ4v) is 0.893. The van der Waals surface area contributed by atoms with Crippen LogP contribution in [0.3, 0.4) is 0 Å². The van der Waals surface area contributed by atoms with Crippen LogP contribution < -0.4 is 5.56 Å². The minimum atomic E-state index is -0.0516. The summed E-state index contributed by atoms with van der Waals surface area (Å²) < 4.78 is 1.50. The highest BCUT2D eigenvalue weighted by Gasteiger charge is 1.88. The van der Waals surface area contributed by atoms with Crippen LogP contribution in [-0.2, 0) is 6.54 Å². The summed E-state index contributed by atoms with van der Waals surface area (Å²) in [6.45, 7) is 0.527. The van der Waals surface area contributed by atoms with Gasteiger partial charge in [0.15, 0.2) is 0 Å². The lowest BCUT2D eigenvalue weighted by Gasteiger charge is -1.97. The van der Waals surface area contributed by atoms with E-state index in [0.29, 0.717) is 12.4 Å². The largest absolute Gasteiger partial charge is 0.295 e. The molecule has 1 aromatic heterocycles. The minimum Gasteiger partial charge on any atom is -0.295 e. The van der Waals surface area contributed by atoms with Crippen molar-refractivity contribution in [2.24, 2.45) is 0 Å². The highest BCUT2D eigenvalue weighted by atomic mass is 35.5. The van der Waals surface area contributed by atoms with Gasteiger partial charge in [0.05, 0.1) is 6.33 Å². The molecule has 0 spiro atoms. The molecular formula is C8H9ClN2O. The molecule has 1 rings (SSSR count). The zero-order chi connectivity index (χ0) is 8.81. The Morgan fingerprint density at radius 2 is 2.42 bits per heavy atom. The topological polar surface area (TPSA) is 34.9 Å². The van der Waals surface area contributed by atoms with E-state index >= 15 is 0 Å². The summed E-state index contributed by atoms with van der Waals surface area (Å²) in [4.78, 5) is 14.9. The number of aromatic nitrogens is 2. The molecule has 0 saturated heterocycles. The second kappa shape index (κ2) is 4.72. The van der Waals surface area contributed by atoms with Crippen molar-refractivity contribution in [3.63, 3.8) is 0 Å². The lowest BCUT2D eigenvalue weighted by Crippen LogP contribution is -2.17. The number of allylic oxidation sites excluding steroid dienone is 2. The normalized spacial score (nSPS) is 10.8. The van der Waals surface area contributed by atoms with Crippen LogP contribution in [0, 0.1) is 0 Å². The zero-order valence-corrected chi connectivity index (χ0v) is 7.24. The highest BCUT2D eigenvalue weighted by molar-refractivity contribution is 6.18. The molecule has 0 amide bonds. The van der Waals surface area contributed by atoms with Gasteiger partial charge in [-0.2, -0.15) is 0 Å². The van der Waals surface area contributed by atoms with Crippen molar-refractivity contribution in [3.8, 4) is 0 Å². The van der Waals surface area contributed by atoms with E-state index in [1.165, 1.54) is 23.2 Å². The van der Waals surface area contributed by atoms with Gasteiger partial charge in [-0.3, -0.25) is 9.36 Å². The Morgan fingerprint density at radius 3 is 3.08 bits per heavy atom. The van der Waals surface area contributed by atoms with Crippen molar-refractivity contribution in [2.45, 2.75) is 6.54 Å². The second-order valence-electron chi connectivity index (χ2n) is 2.20. The number of hydrogen-bond donors (Lipinski definition) is 0. The zero-order valence-electron chi connectivity index (χ0n) is 6.48. The maximum Gasteiger partial charge on any atom is 0.253 e. The average Bonchev–Trinajstić information content (AvgIpc) is 2.09. The molecule has 4 heteroatoms. The third kappa shape index (κ3) is 2.51. The molecule has 0 bridgehead atoms. The Morgan fingerprint density at radius 1 is 1.58 bits per heavy atom. The van der Waals surface area contributed by atoms with E-state index in [1.54, 1.807) is 6.08 Å². The molecule has 64 valence electrons. The molecule has 0 atom stereocenters. The molecule has 1 heterocycles. The molecule has 0 aliphatic carbocycles. The van der Waals surface area contributed by atoms with Gasteiger partial charge in [-0.05, 0) is 0 Å². The first-order chi connectivity index (χ1) is 5.84. The number of alkyl halides is 1. The van der Waals surface area contributed by atoms with E-state index in [-0.39, 0.29) is 5.56 Å². The minimum absolute atomic E-state index is 0.0516. The van der Waals surface area contributed by atoms with Crippen molar-refractivity contribution >= 4 is 11.6 Å². The van der Waals surface area contributed by atoms with Gasteiger partial charge in [-0.25, -0.2) is 4.98 Å². The van der Waals surface area contributed by atoms with Gasteiger partial charge in [0.2, 0.25) is 0 Å². The van der Waals surface area contributed by atoms with Gasteiger partial charge >= 0.3 is 0 Å². The lowest BCUT2D eigenvalue weighted by atomic mass is 10.5. The first-order valence-electron chi connectivity index (χ1n) is 3.56. The molecule has 3 nitrogen and oxygen atoms in total. The molecule has 0 aliphatic heterocycles. The Hall–Kier alpha value is -1.09. The Kier molecular flexibility index (Phi) is 3.54. The van der Waals surface area contributed by atoms with Crippen molar-refractivity contribution in [2.75, 3.05) is 5.88 Å². The van der Waals surface area contributed by atoms with Gasteiger partial charge in [0, 0.05) is 24.7 Å². The number of halogens is 1. The van der Waals surface area contributed by atoms with E-state index in [9.17, 15) is 4.79 Å². The first kappa shape index (κ1) is 9.00. The Bertz CT molecular complexity index is 319. The number of hydrogen-bond acceptors (Lipinski definition) is 2. The monoisotopic (exact) mass is 184 g/mol. The maximum absolute atomic E-state index is 11.1. The van der Waals surface area contributed by atoms with Crippen LogP contribution in [0.15, 0.2) is 35.5 Å². The lowest BCUT2D eigenvalue weighted by molar-refractivity contribution is 0.752. The fourth-order valence-electron chi connectivity index (χ4n) is 0.767. The summed E-state index contributed by atoms with van der Waals surface area (Å²) in [5, 5.41) is 0. The van der Waals surface area contributed by atoms with Gasteiger partial charge in [0.25, 0.3) is 5.56 Å². The van der Waals surface area contributed by atoms with Gasteiger partial charge < -0.3 is 0 Å². The predicted molar refractivity (Wildman–Crippen MR) is 48.4 cm³/mol. The van der Waals surface area contributed by atoms with Gasteiger partial charge in [0.1, 0.15) is 0 Å². The Labute approximate surface area is 75.3 Å². The molecule has 0 fully saturated rings. The molecule has 0 aliphatic rings. The van der Waals surface area contributed by atoms with E-state index in [2.05, 4.69) is 4.98 Å². The number of nitrogens with zero attached hydrogens (tertiary/aromatic N) is 2. The van der Waals surface area contributed by atoms with Crippen molar-refractivity contribution in [1.29, 1.82) is 0 Å². The van der Waals surface area contributed by atoms with Crippen LogP contribution in [0.25, 0.3) is 0 Å².